The van der Waals surface area contributed by atoms with Gasteiger partial charge in [-0.1, -0.05) is 0 Å². The minimum atomic E-state index is 0.0465. The van der Waals surface area contributed by atoms with E-state index in [2.05, 4.69) is 20.2 Å². The van der Waals surface area contributed by atoms with Gasteiger partial charge in [-0.25, -0.2) is 9.97 Å². The van der Waals surface area contributed by atoms with Gasteiger partial charge >= 0.3 is 0 Å². The van der Waals surface area contributed by atoms with Crippen LogP contribution in [0.2, 0.25) is 0 Å². The molecule has 2 aliphatic heterocycles. The summed E-state index contributed by atoms with van der Waals surface area (Å²) in [7, 11) is 0. The number of ether oxygens (including phenoxy) is 1. The first-order valence-electron chi connectivity index (χ1n) is 7.79. The Hall–Kier alpha value is -1.04. The van der Waals surface area contributed by atoms with E-state index in [-0.39, 0.29) is 6.10 Å². The first-order chi connectivity index (χ1) is 9.88. The highest BCUT2D eigenvalue weighted by molar-refractivity contribution is 5.06. The Kier molecular flexibility index (Phi) is 3.42. The molecule has 108 valence electrons. The zero-order chi connectivity index (χ0) is 13.4. The number of nitrogens with zero attached hydrogens (tertiary/aromatic N) is 3. The quantitative estimate of drug-likeness (QED) is 0.896. The van der Waals surface area contributed by atoms with Gasteiger partial charge in [-0.3, -0.25) is 4.90 Å². The van der Waals surface area contributed by atoms with Crippen LogP contribution in [0.1, 0.15) is 43.3 Å². The number of nitrogens with one attached hydrogen (secondary N) is 1. The van der Waals surface area contributed by atoms with Crippen molar-refractivity contribution in [3.05, 3.63) is 23.8 Å². The number of fused-ring (bicyclic) bond motifs is 1. The molecule has 20 heavy (non-hydrogen) atoms. The smallest absolute Gasteiger partial charge is 0.158 e. The summed E-state index contributed by atoms with van der Waals surface area (Å²) >= 11 is 0. The molecule has 1 saturated carbocycles. The summed E-state index contributed by atoms with van der Waals surface area (Å²) in [5.74, 6) is 0.852. The van der Waals surface area contributed by atoms with Crippen LogP contribution in [0.25, 0.3) is 0 Å². The van der Waals surface area contributed by atoms with Gasteiger partial charge in [0, 0.05) is 31.4 Å². The molecule has 0 amide bonds. The number of hydrogen-bond donors (Lipinski definition) is 1. The Balaban J connectivity index is 1.42. The summed E-state index contributed by atoms with van der Waals surface area (Å²) in [6, 6.07) is 3.34. The highest BCUT2D eigenvalue weighted by Gasteiger charge is 2.34. The lowest BCUT2D eigenvalue weighted by Crippen LogP contribution is -2.42. The highest BCUT2D eigenvalue weighted by Crippen LogP contribution is 2.28. The maximum atomic E-state index is 5.98. The molecule has 1 aromatic heterocycles. The molecule has 3 aliphatic rings. The van der Waals surface area contributed by atoms with E-state index in [4.69, 9.17) is 4.74 Å². The lowest BCUT2D eigenvalue weighted by atomic mass is 10.2. The number of rotatable bonds is 4. The molecule has 0 spiro atoms. The topological polar surface area (TPSA) is 50.3 Å². The predicted octanol–water partition coefficient (Wildman–Crippen LogP) is 1.26. The molecule has 1 aliphatic carbocycles. The van der Waals surface area contributed by atoms with Crippen LogP contribution in [-0.2, 0) is 11.3 Å². The molecule has 2 atom stereocenters. The summed E-state index contributed by atoms with van der Waals surface area (Å²) in [4.78, 5) is 11.6. The second-order valence-corrected chi connectivity index (χ2v) is 6.17. The van der Waals surface area contributed by atoms with Gasteiger partial charge in [0.25, 0.3) is 0 Å². The third-order valence-corrected chi connectivity index (χ3v) is 4.56. The van der Waals surface area contributed by atoms with E-state index in [0.29, 0.717) is 12.1 Å². The molecule has 0 bridgehead atoms. The predicted molar refractivity (Wildman–Crippen MR) is 75.2 cm³/mol. The molecule has 5 heteroatoms. The van der Waals surface area contributed by atoms with Gasteiger partial charge in [0.05, 0.1) is 12.3 Å². The van der Waals surface area contributed by atoms with Crippen LogP contribution in [0.3, 0.4) is 0 Å². The zero-order valence-corrected chi connectivity index (χ0v) is 11.8. The average Bonchev–Trinajstić information content (AvgIpc) is 3.20. The van der Waals surface area contributed by atoms with Gasteiger partial charge in [0.1, 0.15) is 6.10 Å². The van der Waals surface area contributed by atoms with E-state index in [0.717, 1.165) is 31.2 Å². The summed E-state index contributed by atoms with van der Waals surface area (Å²) in [5, 5.41) is 3.50. The Labute approximate surface area is 119 Å². The summed E-state index contributed by atoms with van der Waals surface area (Å²) in [5.41, 5.74) is 1.08. The standard InChI is InChI=1S/C15H22N4O/c1-2-13-10-20-14(9-19(13)7-1)15-16-6-5-12(18-15)8-17-11-3-4-11/h5-6,11,13-14,17H,1-4,7-10H2. The molecule has 0 aromatic carbocycles. The Bertz CT molecular complexity index is 477. The van der Waals surface area contributed by atoms with Crippen LogP contribution in [-0.4, -0.2) is 46.6 Å². The first kappa shape index (κ1) is 12.7. The fraction of sp³-hybridized carbons (Fsp3) is 0.733. The van der Waals surface area contributed by atoms with Crippen molar-refractivity contribution in [2.45, 2.75) is 50.4 Å². The molecule has 4 rings (SSSR count). The third kappa shape index (κ3) is 2.71. The van der Waals surface area contributed by atoms with E-state index in [1.807, 2.05) is 12.3 Å². The molecule has 2 unspecified atom stereocenters. The van der Waals surface area contributed by atoms with Crippen molar-refractivity contribution in [3.63, 3.8) is 0 Å². The van der Waals surface area contributed by atoms with Crippen molar-refractivity contribution in [3.8, 4) is 0 Å². The highest BCUT2D eigenvalue weighted by atomic mass is 16.5. The average molecular weight is 274 g/mol. The minimum absolute atomic E-state index is 0.0465. The number of morpholine rings is 1. The zero-order valence-electron chi connectivity index (χ0n) is 11.8. The summed E-state index contributed by atoms with van der Waals surface area (Å²) in [6.07, 6.45) is 7.10. The van der Waals surface area contributed by atoms with E-state index in [9.17, 15) is 0 Å². The molecule has 3 fully saturated rings. The molecule has 2 saturated heterocycles. The van der Waals surface area contributed by atoms with Crippen LogP contribution in [0.15, 0.2) is 12.3 Å². The normalized spacial score (nSPS) is 30.4. The summed E-state index contributed by atoms with van der Waals surface area (Å²) in [6.45, 7) is 3.83. The van der Waals surface area contributed by atoms with E-state index < -0.39 is 0 Å². The van der Waals surface area contributed by atoms with Crippen molar-refractivity contribution in [1.29, 1.82) is 0 Å². The second kappa shape index (κ2) is 5.39. The number of hydrogen-bond acceptors (Lipinski definition) is 5. The van der Waals surface area contributed by atoms with Crippen LogP contribution in [0.4, 0.5) is 0 Å². The maximum Gasteiger partial charge on any atom is 0.158 e. The van der Waals surface area contributed by atoms with Crippen LogP contribution < -0.4 is 5.32 Å². The fourth-order valence-electron chi connectivity index (χ4n) is 3.18. The monoisotopic (exact) mass is 274 g/mol. The molecule has 1 aromatic rings. The Morgan fingerprint density at radius 2 is 2.30 bits per heavy atom. The minimum Gasteiger partial charge on any atom is -0.367 e. The first-order valence-corrected chi connectivity index (χ1v) is 7.79. The Morgan fingerprint density at radius 3 is 3.20 bits per heavy atom. The van der Waals surface area contributed by atoms with Gasteiger partial charge in [0.15, 0.2) is 5.82 Å². The van der Waals surface area contributed by atoms with Gasteiger partial charge < -0.3 is 10.1 Å². The summed E-state index contributed by atoms with van der Waals surface area (Å²) < 4.78 is 5.98. The van der Waals surface area contributed by atoms with Crippen molar-refractivity contribution >= 4 is 0 Å². The van der Waals surface area contributed by atoms with Gasteiger partial charge in [-0.05, 0) is 38.3 Å². The number of aromatic nitrogens is 2. The lowest BCUT2D eigenvalue weighted by molar-refractivity contribution is -0.0542. The van der Waals surface area contributed by atoms with Gasteiger partial charge in [0.2, 0.25) is 0 Å². The second-order valence-electron chi connectivity index (χ2n) is 6.17. The molecular formula is C15H22N4O. The van der Waals surface area contributed by atoms with Crippen molar-refractivity contribution in [1.82, 2.24) is 20.2 Å². The molecule has 0 radical (unpaired) electrons. The van der Waals surface area contributed by atoms with E-state index in [1.54, 1.807) is 0 Å². The molecule has 5 nitrogen and oxygen atoms in total. The van der Waals surface area contributed by atoms with Gasteiger partial charge in [-0.15, -0.1) is 0 Å². The van der Waals surface area contributed by atoms with Crippen molar-refractivity contribution in [2.75, 3.05) is 19.7 Å². The Morgan fingerprint density at radius 1 is 1.35 bits per heavy atom. The van der Waals surface area contributed by atoms with Gasteiger partial charge in [-0.2, -0.15) is 0 Å². The van der Waals surface area contributed by atoms with Crippen molar-refractivity contribution in [2.24, 2.45) is 0 Å². The maximum absolute atomic E-state index is 5.98. The van der Waals surface area contributed by atoms with Crippen LogP contribution in [0, 0.1) is 0 Å². The van der Waals surface area contributed by atoms with E-state index >= 15 is 0 Å². The van der Waals surface area contributed by atoms with Crippen LogP contribution >= 0.6 is 0 Å². The lowest BCUT2D eigenvalue weighted by Gasteiger charge is -2.34. The third-order valence-electron chi connectivity index (χ3n) is 4.56. The fourth-order valence-corrected chi connectivity index (χ4v) is 3.18. The SMILES string of the molecule is c1cc(CNC2CC2)nc(C2CN3CCCC3CO2)n1. The molecular weight excluding hydrogens is 252 g/mol. The van der Waals surface area contributed by atoms with E-state index in [1.165, 1.54) is 32.2 Å². The van der Waals surface area contributed by atoms with Crippen molar-refractivity contribution < 1.29 is 4.74 Å². The molecule has 3 heterocycles. The van der Waals surface area contributed by atoms with Crippen LogP contribution in [0.5, 0.6) is 0 Å². The largest absolute Gasteiger partial charge is 0.367 e. The molecule has 1 N–H and O–H groups in total.